The fraction of sp³-hybridized carbons (Fsp3) is 0.250. The van der Waals surface area contributed by atoms with Gasteiger partial charge in [-0.1, -0.05) is 5.16 Å². The number of anilines is 1. The molecule has 2 rings (SSSR count). The van der Waals surface area contributed by atoms with E-state index in [-0.39, 0.29) is 5.88 Å². The Balaban J connectivity index is 2.64. The van der Waals surface area contributed by atoms with Crippen LogP contribution in [-0.2, 0) is 0 Å². The number of methoxy groups -OCH3 is 2. The van der Waals surface area contributed by atoms with Crippen molar-refractivity contribution in [2.24, 2.45) is 0 Å². The normalized spacial score (nSPS) is 10.3. The molecule has 0 radical (unpaired) electrons. The number of nitrogen functional groups attached to an aromatic ring is 1. The van der Waals surface area contributed by atoms with Gasteiger partial charge in [-0.15, -0.1) is 0 Å². The maximum atomic E-state index is 5.53. The molecular weight excluding hydrogens is 220 g/mol. The number of nitrogens with two attached hydrogens (primary N) is 1. The Hall–Kier alpha value is -2.17. The van der Waals surface area contributed by atoms with Crippen LogP contribution in [0.25, 0.3) is 11.3 Å². The Labute approximate surface area is 99.1 Å². The van der Waals surface area contributed by atoms with E-state index in [0.29, 0.717) is 11.4 Å². The first-order chi connectivity index (χ1) is 8.17. The van der Waals surface area contributed by atoms with Crippen molar-refractivity contribution in [3.63, 3.8) is 0 Å². The summed E-state index contributed by atoms with van der Waals surface area (Å²) < 4.78 is 15.5. The average Bonchev–Trinajstić information content (AvgIpc) is 2.75. The molecule has 0 unspecified atom stereocenters. The quantitative estimate of drug-likeness (QED) is 0.881. The van der Waals surface area contributed by atoms with Crippen molar-refractivity contribution in [2.45, 2.75) is 6.92 Å². The van der Waals surface area contributed by atoms with Crippen molar-refractivity contribution in [1.82, 2.24) is 5.16 Å². The monoisotopic (exact) mass is 234 g/mol. The molecule has 5 nitrogen and oxygen atoms in total. The Morgan fingerprint density at radius 2 is 1.82 bits per heavy atom. The molecule has 0 bridgehead atoms. The van der Waals surface area contributed by atoms with Gasteiger partial charge in [0.1, 0.15) is 17.2 Å². The summed E-state index contributed by atoms with van der Waals surface area (Å²) in [5.41, 5.74) is 7.92. The Morgan fingerprint density at radius 3 is 2.35 bits per heavy atom. The van der Waals surface area contributed by atoms with Crippen LogP contribution in [0.1, 0.15) is 5.56 Å². The number of ether oxygens (including phenoxy) is 2. The van der Waals surface area contributed by atoms with Crippen LogP contribution in [0.15, 0.2) is 22.7 Å². The highest BCUT2D eigenvalue weighted by molar-refractivity contribution is 5.74. The van der Waals surface area contributed by atoms with Crippen LogP contribution in [0.3, 0.4) is 0 Å². The predicted molar refractivity (Wildman–Crippen MR) is 64.2 cm³/mol. The van der Waals surface area contributed by atoms with Crippen molar-refractivity contribution in [3.8, 4) is 22.8 Å². The SMILES string of the molecule is COc1ccc(OC)c(-c2cc(N)on2)c1C. The lowest BCUT2D eigenvalue weighted by atomic mass is 10.0. The van der Waals surface area contributed by atoms with Gasteiger partial charge in [-0.25, -0.2) is 0 Å². The third-order valence-corrected chi connectivity index (χ3v) is 2.60. The third-order valence-electron chi connectivity index (χ3n) is 2.60. The fourth-order valence-corrected chi connectivity index (χ4v) is 1.78. The summed E-state index contributed by atoms with van der Waals surface area (Å²) in [6.45, 7) is 1.93. The zero-order chi connectivity index (χ0) is 12.4. The molecule has 2 N–H and O–H groups in total. The number of benzene rings is 1. The molecule has 0 saturated heterocycles. The van der Waals surface area contributed by atoms with Crippen LogP contribution in [0, 0.1) is 6.92 Å². The molecule has 2 aromatic rings. The second-order valence-corrected chi connectivity index (χ2v) is 3.58. The molecular formula is C12H14N2O3. The van der Waals surface area contributed by atoms with Gasteiger partial charge in [0.05, 0.1) is 19.8 Å². The highest BCUT2D eigenvalue weighted by Gasteiger charge is 2.16. The summed E-state index contributed by atoms with van der Waals surface area (Å²) in [7, 11) is 3.23. The molecule has 0 aliphatic rings. The first kappa shape index (κ1) is 11.3. The van der Waals surface area contributed by atoms with Crippen molar-refractivity contribution in [3.05, 3.63) is 23.8 Å². The van der Waals surface area contributed by atoms with E-state index >= 15 is 0 Å². The highest BCUT2D eigenvalue weighted by Crippen LogP contribution is 2.37. The first-order valence-electron chi connectivity index (χ1n) is 5.11. The molecule has 0 fully saturated rings. The zero-order valence-corrected chi connectivity index (χ0v) is 9.98. The van der Waals surface area contributed by atoms with Crippen molar-refractivity contribution in [2.75, 3.05) is 20.0 Å². The van der Waals surface area contributed by atoms with Gasteiger partial charge in [0, 0.05) is 11.6 Å². The van der Waals surface area contributed by atoms with Crippen molar-refractivity contribution < 1.29 is 14.0 Å². The lowest BCUT2D eigenvalue weighted by Gasteiger charge is -2.12. The van der Waals surface area contributed by atoms with Crippen molar-refractivity contribution in [1.29, 1.82) is 0 Å². The zero-order valence-electron chi connectivity index (χ0n) is 9.98. The molecule has 0 saturated carbocycles. The van der Waals surface area contributed by atoms with Crippen LogP contribution < -0.4 is 15.2 Å². The number of rotatable bonds is 3. The maximum absolute atomic E-state index is 5.53. The molecule has 0 aliphatic heterocycles. The number of hydrogen-bond donors (Lipinski definition) is 1. The average molecular weight is 234 g/mol. The Morgan fingerprint density at radius 1 is 1.18 bits per heavy atom. The van der Waals surface area contributed by atoms with E-state index in [1.54, 1.807) is 20.3 Å². The van der Waals surface area contributed by atoms with E-state index in [1.807, 2.05) is 19.1 Å². The molecule has 0 spiro atoms. The smallest absolute Gasteiger partial charge is 0.222 e. The van der Waals surface area contributed by atoms with E-state index in [2.05, 4.69) is 5.16 Å². The fourth-order valence-electron chi connectivity index (χ4n) is 1.78. The van der Waals surface area contributed by atoms with Crippen LogP contribution >= 0.6 is 0 Å². The summed E-state index contributed by atoms with van der Waals surface area (Å²) in [5.74, 6) is 1.74. The number of nitrogens with zero attached hydrogens (tertiary/aromatic N) is 1. The summed E-state index contributed by atoms with van der Waals surface area (Å²) in [4.78, 5) is 0. The van der Waals surface area contributed by atoms with E-state index in [4.69, 9.17) is 19.7 Å². The van der Waals surface area contributed by atoms with Gasteiger partial charge in [0.25, 0.3) is 0 Å². The van der Waals surface area contributed by atoms with E-state index in [1.165, 1.54) is 0 Å². The van der Waals surface area contributed by atoms with Gasteiger partial charge < -0.3 is 19.7 Å². The van der Waals surface area contributed by atoms with Crippen LogP contribution in [0.5, 0.6) is 11.5 Å². The van der Waals surface area contributed by atoms with Crippen LogP contribution in [0.4, 0.5) is 5.88 Å². The number of hydrogen-bond acceptors (Lipinski definition) is 5. The molecule has 5 heteroatoms. The third kappa shape index (κ3) is 1.91. The molecule has 0 aliphatic carbocycles. The lowest BCUT2D eigenvalue weighted by molar-refractivity contribution is 0.400. The van der Waals surface area contributed by atoms with Crippen LogP contribution in [0.2, 0.25) is 0 Å². The minimum absolute atomic E-state index is 0.268. The van der Waals surface area contributed by atoms with E-state index in [0.717, 1.165) is 16.9 Å². The van der Waals surface area contributed by atoms with Crippen molar-refractivity contribution >= 4 is 5.88 Å². The summed E-state index contributed by atoms with van der Waals surface area (Å²) in [6.07, 6.45) is 0. The second-order valence-electron chi connectivity index (χ2n) is 3.58. The Kier molecular flexibility index (Phi) is 2.91. The highest BCUT2D eigenvalue weighted by atomic mass is 16.5. The first-order valence-corrected chi connectivity index (χ1v) is 5.11. The standard InChI is InChI=1S/C12H14N2O3/c1-7-9(15-2)4-5-10(16-3)12(7)8-6-11(13)17-14-8/h4-6H,13H2,1-3H3. The minimum atomic E-state index is 0.268. The topological polar surface area (TPSA) is 70.5 Å². The van der Waals surface area contributed by atoms with Gasteiger partial charge in [-0.3, -0.25) is 0 Å². The molecule has 17 heavy (non-hydrogen) atoms. The molecule has 1 heterocycles. The van der Waals surface area contributed by atoms with Gasteiger partial charge in [0.2, 0.25) is 5.88 Å². The Bertz CT molecular complexity index is 535. The van der Waals surface area contributed by atoms with Gasteiger partial charge >= 0.3 is 0 Å². The van der Waals surface area contributed by atoms with E-state index in [9.17, 15) is 0 Å². The number of aromatic nitrogens is 1. The molecule has 0 amide bonds. The molecule has 0 atom stereocenters. The van der Waals surface area contributed by atoms with Gasteiger partial charge in [-0.05, 0) is 19.1 Å². The molecule has 1 aromatic carbocycles. The predicted octanol–water partition coefficient (Wildman–Crippen LogP) is 2.25. The minimum Gasteiger partial charge on any atom is -0.496 e. The maximum Gasteiger partial charge on any atom is 0.222 e. The van der Waals surface area contributed by atoms with E-state index < -0.39 is 0 Å². The summed E-state index contributed by atoms with van der Waals surface area (Å²) in [6, 6.07) is 5.33. The van der Waals surface area contributed by atoms with Gasteiger partial charge in [-0.2, -0.15) is 0 Å². The second kappa shape index (κ2) is 4.37. The summed E-state index contributed by atoms with van der Waals surface area (Å²) >= 11 is 0. The summed E-state index contributed by atoms with van der Waals surface area (Å²) in [5, 5.41) is 3.90. The van der Waals surface area contributed by atoms with Gasteiger partial charge in [0.15, 0.2) is 0 Å². The lowest BCUT2D eigenvalue weighted by Crippen LogP contribution is -1.95. The molecule has 1 aromatic heterocycles. The largest absolute Gasteiger partial charge is 0.496 e. The van der Waals surface area contributed by atoms with Crippen LogP contribution in [-0.4, -0.2) is 19.4 Å². The molecule has 90 valence electrons.